The third kappa shape index (κ3) is 5.96. The van der Waals surface area contributed by atoms with E-state index in [2.05, 4.69) is 60.8 Å². The molecule has 3 saturated heterocycles. The lowest BCUT2D eigenvalue weighted by molar-refractivity contribution is -0.171. The number of urea groups is 1. The number of aryl methyl sites for hydroxylation is 1. The number of hydroxylamine groups is 3. The Balaban J connectivity index is 0.998. The highest BCUT2D eigenvalue weighted by Gasteiger charge is 2.48. The second kappa shape index (κ2) is 11.7. The van der Waals surface area contributed by atoms with E-state index in [4.69, 9.17) is 10.0 Å². The van der Waals surface area contributed by atoms with Crippen LogP contribution in [0.5, 0.6) is 0 Å². The maximum atomic E-state index is 13.3. The van der Waals surface area contributed by atoms with E-state index in [0.29, 0.717) is 29.5 Å². The van der Waals surface area contributed by atoms with Gasteiger partial charge in [0.25, 0.3) is 0 Å². The van der Waals surface area contributed by atoms with Gasteiger partial charge in [0, 0.05) is 29.3 Å². The number of nitrogens with one attached hydrogen (secondary N) is 3. The molecule has 2 bridgehead atoms. The molecule has 2 aromatic carbocycles. The Hall–Kier alpha value is -4.15. The Labute approximate surface area is 264 Å². The van der Waals surface area contributed by atoms with Crippen molar-refractivity contribution in [1.82, 2.24) is 25.2 Å². The molecule has 3 fully saturated rings. The number of aromatic nitrogens is 2. The summed E-state index contributed by atoms with van der Waals surface area (Å²) in [6.07, 6.45) is 7.94. The molecule has 10 heteroatoms. The van der Waals surface area contributed by atoms with Gasteiger partial charge in [-0.3, -0.25) is 15.0 Å². The predicted molar refractivity (Wildman–Crippen MR) is 174 cm³/mol. The fourth-order valence-electron chi connectivity index (χ4n) is 7.56. The molecular formula is C35H43N7O3. The number of hydrogen-bond donors (Lipinski definition) is 3. The van der Waals surface area contributed by atoms with Crippen molar-refractivity contribution in [3.63, 3.8) is 0 Å². The van der Waals surface area contributed by atoms with Crippen LogP contribution >= 0.6 is 0 Å². The summed E-state index contributed by atoms with van der Waals surface area (Å²) in [7, 11) is 0. The molecule has 4 aliphatic rings. The molecule has 4 aliphatic heterocycles. The number of nitrogens with zero attached hydrogens (tertiary/aromatic N) is 4. The smallest absolute Gasteiger partial charge is 0.308 e. The van der Waals surface area contributed by atoms with Crippen LogP contribution in [0.3, 0.4) is 0 Å². The molecule has 3 aromatic rings. The monoisotopic (exact) mass is 609 g/mol. The van der Waals surface area contributed by atoms with Crippen molar-refractivity contribution < 1.29 is 14.5 Å². The second-order valence-corrected chi connectivity index (χ2v) is 14.1. The van der Waals surface area contributed by atoms with Gasteiger partial charge in [0.05, 0.1) is 30.2 Å². The van der Waals surface area contributed by atoms with Crippen LogP contribution in [-0.4, -0.2) is 56.2 Å². The number of Topliss-reactive ketones (excluding diaryl/α,β-unsaturated/α-hetero) is 1. The number of benzene rings is 2. The lowest BCUT2D eigenvalue weighted by Crippen LogP contribution is -2.56. The fraction of sp³-hybridized carbons (Fsp3) is 0.457. The summed E-state index contributed by atoms with van der Waals surface area (Å²) in [5, 5.41) is 12.6. The van der Waals surface area contributed by atoms with E-state index in [9.17, 15) is 9.59 Å². The molecule has 3 unspecified atom stereocenters. The zero-order chi connectivity index (χ0) is 31.3. The van der Waals surface area contributed by atoms with Crippen molar-refractivity contribution >= 4 is 23.3 Å². The van der Waals surface area contributed by atoms with Gasteiger partial charge in [0.1, 0.15) is 11.5 Å². The second-order valence-electron chi connectivity index (χ2n) is 14.1. The van der Waals surface area contributed by atoms with E-state index in [1.54, 1.807) is 15.9 Å². The van der Waals surface area contributed by atoms with Crippen molar-refractivity contribution in [2.45, 2.75) is 89.8 Å². The highest BCUT2D eigenvalue weighted by molar-refractivity contribution is 6.00. The number of anilines is 2. The molecule has 2 amide bonds. The summed E-state index contributed by atoms with van der Waals surface area (Å²) in [4.78, 5) is 34.4. The first-order valence-corrected chi connectivity index (χ1v) is 16.2. The summed E-state index contributed by atoms with van der Waals surface area (Å²) in [5.41, 5.74) is 8.15. The molecule has 0 aliphatic carbocycles. The lowest BCUT2D eigenvalue weighted by Gasteiger charge is -2.45. The van der Waals surface area contributed by atoms with Crippen LogP contribution in [0.1, 0.15) is 69.7 Å². The lowest BCUT2D eigenvalue weighted by atomic mass is 9.83. The molecule has 10 nitrogen and oxygen atoms in total. The number of hydrogen-bond acceptors (Lipinski definition) is 7. The van der Waals surface area contributed by atoms with Crippen LogP contribution in [0, 0.1) is 12.8 Å². The minimum Gasteiger partial charge on any atom is -0.308 e. The third-order valence-electron chi connectivity index (χ3n) is 9.74. The number of carbonyl (C=O) groups is 2. The quantitative estimate of drug-likeness (QED) is 0.323. The number of fused-ring (bicyclic) bond motifs is 3. The first-order valence-electron chi connectivity index (χ1n) is 16.2. The van der Waals surface area contributed by atoms with Crippen LogP contribution in [0.4, 0.5) is 16.3 Å². The summed E-state index contributed by atoms with van der Waals surface area (Å²) in [6.45, 7) is 9.12. The predicted octanol–water partition coefficient (Wildman–Crippen LogP) is 5.84. The Morgan fingerprint density at radius 1 is 1.02 bits per heavy atom. The van der Waals surface area contributed by atoms with Gasteiger partial charge in [-0.25, -0.2) is 20.0 Å². The molecule has 45 heavy (non-hydrogen) atoms. The SMILES string of the molecule is Cc1ccc(-n2nc(C(C)(C)C)cc2NC(=O)Nc2cccc(CC3CC4CCC(C3)N4C3CCN4ONC=C4C3=O)c2)cc1. The van der Waals surface area contributed by atoms with E-state index in [0.717, 1.165) is 67.7 Å². The molecule has 236 valence electrons. The van der Waals surface area contributed by atoms with Crippen LogP contribution in [-0.2, 0) is 21.6 Å². The van der Waals surface area contributed by atoms with Crippen molar-refractivity contribution in [3.8, 4) is 5.69 Å². The number of rotatable bonds is 6. The van der Waals surface area contributed by atoms with Gasteiger partial charge in [0.15, 0.2) is 5.78 Å². The summed E-state index contributed by atoms with van der Waals surface area (Å²) < 4.78 is 1.79. The highest BCUT2D eigenvalue weighted by Crippen LogP contribution is 2.43. The number of carbonyl (C=O) groups excluding carboxylic acids is 2. The molecule has 0 spiro atoms. The fourth-order valence-corrected chi connectivity index (χ4v) is 7.56. The van der Waals surface area contributed by atoms with Crippen molar-refractivity contribution in [2.24, 2.45) is 5.92 Å². The summed E-state index contributed by atoms with van der Waals surface area (Å²) >= 11 is 0. The Kier molecular flexibility index (Phi) is 7.65. The first-order chi connectivity index (χ1) is 21.6. The minimum atomic E-state index is -0.305. The van der Waals surface area contributed by atoms with E-state index in [-0.39, 0.29) is 23.3 Å². The molecular weight excluding hydrogens is 566 g/mol. The van der Waals surface area contributed by atoms with Crippen molar-refractivity contribution in [3.05, 3.63) is 83.3 Å². The largest absolute Gasteiger partial charge is 0.324 e. The van der Waals surface area contributed by atoms with Crippen LogP contribution < -0.4 is 16.1 Å². The van der Waals surface area contributed by atoms with E-state index >= 15 is 0 Å². The molecule has 3 N–H and O–H groups in total. The summed E-state index contributed by atoms with van der Waals surface area (Å²) in [5.74, 6) is 1.35. The van der Waals surface area contributed by atoms with Gasteiger partial charge >= 0.3 is 6.03 Å². The molecule has 7 rings (SSSR count). The van der Waals surface area contributed by atoms with Gasteiger partial charge < -0.3 is 5.32 Å². The van der Waals surface area contributed by atoms with E-state index < -0.39 is 0 Å². The van der Waals surface area contributed by atoms with Crippen LogP contribution in [0.25, 0.3) is 5.69 Å². The average molecular weight is 610 g/mol. The normalized spacial score (nSPS) is 24.7. The standard InChI is InChI=1S/C35H43N7O3/c1-22-8-10-26(11-9-22)42-32(20-31(39-42)35(2,3)4)38-34(44)37-25-7-5-6-23(17-25)16-24-18-27-12-13-28(19-24)41(27)29-14-15-40-30(33(29)43)21-36-45-40/h5-11,17,20-21,24,27-29,36H,12-16,18-19H2,1-4H3,(H2,37,38,44). The molecule has 3 atom stereocenters. The third-order valence-corrected chi connectivity index (χ3v) is 9.74. The maximum Gasteiger partial charge on any atom is 0.324 e. The summed E-state index contributed by atoms with van der Waals surface area (Å²) in [6, 6.07) is 18.8. The highest BCUT2D eigenvalue weighted by atomic mass is 16.8. The maximum absolute atomic E-state index is 13.3. The van der Waals surface area contributed by atoms with Crippen LogP contribution in [0.2, 0.25) is 0 Å². The topological polar surface area (TPSA) is 104 Å². The molecule has 0 radical (unpaired) electrons. The number of piperidine rings is 2. The van der Waals surface area contributed by atoms with Crippen molar-refractivity contribution in [2.75, 3.05) is 17.2 Å². The average Bonchev–Trinajstić information content (AvgIpc) is 3.71. The molecule has 1 aromatic heterocycles. The molecule has 0 saturated carbocycles. The van der Waals surface area contributed by atoms with Crippen molar-refractivity contribution in [1.29, 1.82) is 0 Å². The Morgan fingerprint density at radius 3 is 2.51 bits per heavy atom. The Bertz CT molecular complexity index is 1610. The first kappa shape index (κ1) is 29.6. The minimum absolute atomic E-state index is 0.0534. The van der Waals surface area contributed by atoms with E-state index in [1.807, 2.05) is 42.5 Å². The van der Waals surface area contributed by atoms with Crippen LogP contribution in [0.15, 0.2) is 66.5 Å². The van der Waals surface area contributed by atoms with Gasteiger partial charge in [-0.05, 0) is 81.2 Å². The van der Waals surface area contributed by atoms with Gasteiger partial charge in [-0.15, -0.1) is 0 Å². The van der Waals surface area contributed by atoms with Gasteiger partial charge in [-0.2, -0.15) is 10.0 Å². The zero-order valence-corrected chi connectivity index (χ0v) is 26.5. The number of ketones is 1. The number of amides is 2. The zero-order valence-electron chi connectivity index (χ0n) is 26.5. The van der Waals surface area contributed by atoms with E-state index in [1.165, 1.54) is 5.56 Å². The Morgan fingerprint density at radius 2 is 1.78 bits per heavy atom. The van der Waals surface area contributed by atoms with Gasteiger partial charge in [-0.1, -0.05) is 50.6 Å². The van der Waals surface area contributed by atoms with Gasteiger partial charge in [0.2, 0.25) is 0 Å². The molecule has 5 heterocycles.